The first-order valence-corrected chi connectivity index (χ1v) is 6.25. The molecular formula is C16H20O. The second-order valence-electron chi connectivity index (χ2n) is 5.90. The largest absolute Gasteiger partial charge is 0.303 e. The van der Waals surface area contributed by atoms with E-state index in [2.05, 4.69) is 51.1 Å². The third-order valence-corrected chi connectivity index (χ3v) is 3.65. The molecule has 0 radical (unpaired) electrons. The molecule has 1 heteroatoms. The molecule has 1 aliphatic rings. The zero-order valence-electron chi connectivity index (χ0n) is 10.9. The summed E-state index contributed by atoms with van der Waals surface area (Å²) < 4.78 is 0. The Morgan fingerprint density at radius 2 is 2.00 bits per heavy atom. The van der Waals surface area contributed by atoms with Crippen LogP contribution in [0.4, 0.5) is 0 Å². The smallest absolute Gasteiger partial charge is 0.123 e. The van der Waals surface area contributed by atoms with Gasteiger partial charge in [0.1, 0.15) is 6.29 Å². The van der Waals surface area contributed by atoms with Gasteiger partial charge in [-0.15, -0.1) is 0 Å². The minimum Gasteiger partial charge on any atom is -0.303 e. The lowest BCUT2D eigenvalue weighted by Gasteiger charge is -2.26. The number of hydrogen-bond acceptors (Lipinski definition) is 1. The molecule has 0 amide bonds. The lowest BCUT2D eigenvalue weighted by Crippen LogP contribution is -2.21. The molecule has 0 heterocycles. The molecule has 0 aromatic heterocycles. The van der Waals surface area contributed by atoms with Gasteiger partial charge in [0.15, 0.2) is 0 Å². The number of allylic oxidation sites excluding steroid dienone is 2. The molecule has 0 saturated heterocycles. The van der Waals surface area contributed by atoms with E-state index < -0.39 is 0 Å². The molecule has 1 aromatic carbocycles. The van der Waals surface area contributed by atoms with Gasteiger partial charge in [-0.1, -0.05) is 51.1 Å². The molecule has 1 aromatic rings. The summed E-state index contributed by atoms with van der Waals surface area (Å²) >= 11 is 0. The molecule has 90 valence electrons. The molecule has 0 saturated carbocycles. The van der Waals surface area contributed by atoms with E-state index in [0.29, 0.717) is 0 Å². The summed E-state index contributed by atoms with van der Waals surface area (Å²) in [5.41, 5.74) is 4.11. The van der Waals surface area contributed by atoms with Crippen LogP contribution in [-0.4, -0.2) is 6.29 Å². The van der Waals surface area contributed by atoms with Gasteiger partial charge in [-0.2, -0.15) is 0 Å². The van der Waals surface area contributed by atoms with E-state index in [0.717, 1.165) is 19.1 Å². The summed E-state index contributed by atoms with van der Waals surface area (Å²) in [6, 6.07) is 8.49. The van der Waals surface area contributed by atoms with Crippen LogP contribution in [0.25, 0.3) is 5.57 Å². The number of carbonyl (C=O) groups is 1. The maximum atomic E-state index is 11.2. The number of carbonyl (C=O) groups excluding carboxylic acids is 1. The van der Waals surface area contributed by atoms with Crippen LogP contribution in [0.2, 0.25) is 0 Å². The number of rotatable bonds is 3. The zero-order valence-corrected chi connectivity index (χ0v) is 10.9. The van der Waals surface area contributed by atoms with Crippen LogP contribution in [0.1, 0.15) is 38.3 Å². The monoisotopic (exact) mass is 228 g/mol. The van der Waals surface area contributed by atoms with Crippen molar-refractivity contribution in [2.24, 2.45) is 11.3 Å². The highest BCUT2D eigenvalue weighted by Crippen LogP contribution is 2.36. The van der Waals surface area contributed by atoms with Crippen LogP contribution in [0.3, 0.4) is 0 Å². The topological polar surface area (TPSA) is 17.1 Å². The molecule has 1 aliphatic carbocycles. The fourth-order valence-electron chi connectivity index (χ4n) is 2.34. The van der Waals surface area contributed by atoms with Gasteiger partial charge >= 0.3 is 0 Å². The maximum absolute atomic E-state index is 11.2. The predicted molar refractivity (Wildman–Crippen MR) is 71.7 cm³/mol. The second-order valence-corrected chi connectivity index (χ2v) is 5.90. The van der Waals surface area contributed by atoms with Crippen LogP contribution in [0, 0.1) is 11.3 Å². The summed E-state index contributed by atoms with van der Waals surface area (Å²) in [5, 5.41) is 0. The molecule has 1 atom stereocenters. The maximum Gasteiger partial charge on any atom is 0.123 e. The minimum absolute atomic E-state index is 0.0418. The van der Waals surface area contributed by atoms with Crippen LogP contribution in [-0.2, 0) is 11.2 Å². The Labute approximate surface area is 104 Å². The molecule has 17 heavy (non-hydrogen) atoms. The fraction of sp³-hybridized carbons (Fsp3) is 0.438. The number of fused-ring (bicyclic) bond motifs is 1. The van der Waals surface area contributed by atoms with Crippen molar-refractivity contribution in [3.05, 3.63) is 41.5 Å². The van der Waals surface area contributed by atoms with Gasteiger partial charge in [0.2, 0.25) is 0 Å². The number of hydrogen-bond donors (Lipinski definition) is 0. The van der Waals surface area contributed by atoms with Crippen LogP contribution < -0.4 is 0 Å². The molecule has 1 nitrogen and oxygen atoms in total. The average Bonchev–Trinajstić information content (AvgIpc) is 2.67. The quantitative estimate of drug-likeness (QED) is 0.718. The Hall–Kier alpha value is -1.37. The van der Waals surface area contributed by atoms with Crippen LogP contribution >= 0.6 is 0 Å². The van der Waals surface area contributed by atoms with Crippen molar-refractivity contribution < 1.29 is 4.79 Å². The van der Waals surface area contributed by atoms with Crippen LogP contribution in [0.5, 0.6) is 0 Å². The van der Waals surface area contributed by atoms with Gasteiger partial charge < -0.3 is 4.79 Å². The van der Waals surface area contributed by atoms with Gasteiger partial charge in [0, 0.05) is 5.92 Å². The van der Waals surface area contributed by atoms with Gasteiger partial charge in [0.05, 0.1) is 0 Å². The molecule has 2 rings (SSSR count). The Kier molecular flexibility index (Phi) is 3.19. The Morgan fingerprint density at radius 3 is 2.65 bits per heavy atom. The average molecular weight is 228 g/mol. The van der Waals surface area contributed by atoms with E-state index in [9.17, 15) is 4.79 Å². The molecule has 0 aliphatic heterocycles. The highest BCUT2D eigenvalue weighted by molar-refractivity contribution is 5.75. The third-order valence-electron chi connectivity index (χ3n) is 3.65. The normalized spacial score (nSPS) is 16.3. The fourth-order valence-corrected chi connectivity index (χ4v) is 2.34. The lowest BCUT2D eigenvalue weighted by molar-refractivity contribution is -0.113. The molecule has 0 N–H and O–H groups in total. The van der Waals surface area contributed by atoms with Crippen LogP contribution in [0.15, 0.2) is 30.3 Å². The molecule has 0 spiro atoms. The van der Waals surface area contributed by atoms with Gasteiger partial charge in [-0.3, -0.25) is 0 Å². The lowest BCUT2D eigenvalue weighted by atomic mass is 9.77. The van der Waals surface area contributed by atoms with E-state index in [-0.39, 0.29) is 11.3 Å². The first-order valence-electron chi connectivity index (χ1n) is 6.25. The predicted octanol–water partition coefficient (Wildman–Crippen LogP) is 3.88. The van der Waals surface area contributed by atoms with Gasteiger partial charge in [-0.05, 0) is 35.0 Å². The summed E-state index contributed by atoms with van der Waals surface area (Å²) in [6.45, 7) is 6.40. The van der Waals surface area contributed by atoms with Crippen molar-refractivity contribution in [3.63, 3.8) is 0 Å². The molecule has 0 bridgehead atoms. The van der Waals surface area contributed by atoms with Crippen molar-refractivity contribution in [3.8, 4) is 0 Å². The molecule has 1 unspecified atom stereocenters. The minimum atomic E-state index is 0.0418. The van der Waals surface area contributed by atoms with Crippen molar-refractivity contribution in [1.29, 1.82) is 0 Å². The first-order chi connectivity index (χ1) is 8.02. The summed E-state index contributed by atoms with van der Waals surface area (Å²) in [6.07, 6.45) is 5.26. The third kappa shape index (κ3) is 2.49. The Balaban J connectivity index is 2.19. The van der Waals surface area contributed by atoms with Crippen molar-refractivity contribution in [2.45, 2.75) is 33.6 Å². The Bertz CT molecular complexity index is 449. The highest BCUT2D eigenvalue weighted by atomic mass is 16.1. The molecule has 0 fully saturated rings. The van der Waals surface area contributed by atoms with E-state index in [1.54, 1.807) is 0 Å². The van der Waals surface area contributed by atoms with Crippen molar-refractivity contribution >= 4 is 11.9 Å². The van der Waals surface area contributed by atoms with Crippen molar-refractivity contribution in [1.82, 2.24) is 0 Å². The van der Waals surface area contributed by atoms with Crippen molar-refractivity contribution in [2.75, 3.05) is 0 Å². The van der Waals surface area contributed by atoms with E-state index in [4.69, 9.17) is 0 Å². The van der Waals surface area contributed by atoms with Gasteiger partial charge in [-0.25, -0.2) is 0 Å². The summed E-state index contributed by atoms with van der Waals surface area (Å²) in [5.74, 6) is 0.0971. The first kappa shape index (κ1) is 12.1. The second kappa shape index (κ2) is 4.48. The standard InChI is InChI=1S/C16H20O/c1-16(2,3)14(11-17)10-13-9-8-12-6-4-5-7-15(12)13/h4-7,9,11,14H,8,10H2,1-3H3. The zero-order chi connectivity index (χ0) is 12.5. The Morgan fingerprint density at radius 1 is 1.29 bits per heavy atom. The molecular weight excluding hydrogens is 208 g/mol. The van der Waals surface area contributed by atoms with Gasteiger partial charge in [0.25, 0.3) is 0 Å². The van der Waals surface area contributed by atoms with E-state index in [1.807, 2.05) is 0 Å². The summed E-state index contributed by atoms with van der Waals surface area (Å²) in [4.78, 5) is 11.2. The SMILES string of the molecule is CC(C)(C)C(C=O)CC1=CCc2ccccc21. The van der Waals surface area contributed by atoms with E-state index in [1.165, 1.54) is 16.7 Å². The highest BCUT2D eigenvalue weighted by Gasteiger charge is 2.26. The number of aldehydes is 1. The van der Waals surface area contributed by atoms with E-state index >= 15 is 0 Å². The number of benzene rings is 1. The summed E-state index contributed by atoms with van der Waals surface area (Å²) in [7, 11) is 0.